The van der Waals surface area contributed by atoms with Crippen LogP contribution in [0, 0.1) is 6.92 Å². The smallest absolute Gasteiger partial charge is 0.243 e. The average Bonchev–Trinajstić information content (AvgIpc) is 3.23. The van der Waals surface area contributed by atoms with Gasteiger partial charge in [-0.3, -0.25) is 0 Å². The van der Waals surface area contributed by atoms with Crippen LogP contribution in [0.1, 0.15) is 37.3 Å². The van der Waals surface area contributed by atoms with Crippen LogP contribution in [0.2, 0.25) is 5.02 Å². The van der Waals surface area contributed by atoms with Gasteiger partial charge in [0.15, 0.2) is 0 Å². The van der Waals surface area contributed by atoms with Crippen molar-refractivity contribution in [2.24, 2.45) is 0 Å². The summed E-state index contributed by atoms with van der Waals surface area (Å²) in [7, 11) is -1.87. The van der Waals surface area contributed by atoms with Gasteiger partial charge in [-0.25, -0.2) is 12.7 Å². The highest BCUT2D eigenvalue weighted by molar-refractivity contribution is 7.89. The molecule has 0 spiro atoms. The van der Waals surface area contributed by atoms with Crippen LogP contribution in [-0.4, -0.2) is 32.4 Å². The van der Waals surface area contributed by atoms with E-state index < -0.39 is 10.0 Å². The molecular weight excluding hydrogens is 308 g/mol. The number of nitrogens with one attached hydrogen (secondary N) is 1. The molecular formula is C15H23ClN2O2S. The summed E-state index contributed by atoms with van der Waals surface area (Å²) in [5, 5.41) is 3.88. The van der Waals surface area contributed by atoms with Gasteiger partial charge in [-0.05, 0) is 49.4 Å². The highest BCUT2D eigenvalue weighted by Gasteiger charge is 2.25. The van der Waals surface area contributed by atoms with Gasteiger partial charge in [0, 0.05) is 31.2 Å². The first-order chi connectivity index (χ1) is 9.86. The van der Waals surface area contributed by atoms with Gasteiger partial charge in [-0.15, -0.1) is 0 Å². The molecule has 21 heavy (non-hydrogen) atoms. The topological polar surface area (TPSA) is 49.4 Å². The molecule has 0 unspecified atom stereocenters. The monoisotopic (exact) mass is 330 g/mol. The van der Waals surface area contributed by atoms with Crippen LogP contribution in [-0.2, 0) is 16.6 Å². The zero-order chi connectivity index (χ0) is 15.6. The molecule has 4 nitrogen and oxygen atoms in total. The van der Waals surface area contributed by atoms with E-state index in [0.29, 0.717) is 29.0 Å². The van der Waals surface area contributed by atoms with Crippen molar-refractivity contribution >= 4 is 21.6 Å². The SMILES string of the molecule is CCCN(C)S(=O)(=O)c1cc(Cl)cc(CNC2CC2)c1C. The van der Waals surface area contributed by atoms with Crippen LogP contribution in [0.3, 0.4) is 0 Å². The largest absolute Gasteiger partial charge is 0.310 e. The summed E-state index contributed by atoms with van der Waals surface area (Å²) in [5.74, 6) is 0. The molecule has 0 heterocycles. The van der Waals surface area contributed by atoms with Gasteiger partial charge in [0.25, 0.3) is 0 Å². The molecule has 1 aliphatic rings. The fraction of sp³-hybridized carbons (Fsp3) is 0.600. The zero-order valence-corrected chi connectivity index (χ0v) is 14.4. The Kier molecular flexibility index (Phi) is 5.30. The third-order valence-electron chi connectivity index (χ3n) is 3.82. The minimum absolute atomic E-state index is 0.318. The molecule has 1 aromatic carbocycles. The van der Waals surface area contributed by atoms with Crippen molar-refractivity contribution in [1.82, 2.24) is 9.62 Å². The van der Waals surface area contributed by atoms with Gasteiger partial charge in [0.05, 0.1) is 4.90 Å². The van der Waals surface area contributed by atoms with Crippen molar-refractivity contribution in [3.8, 4) is 0 Å². The van der Waals surface area contributed by atoms with Crippen molar-refractivity contribution in [2.45, 2.75) is 50.6 Å². The molecule has 1 fully saturated rings. The van der Waals surface area contributed by atoms with E-state index in [9.17, 15) is 8.42 Å². The highest BCUT2D eigenvalue weighted by atomic mass is 35.5. The van der Waals surface area contributed by atoms with E-state index in [4.69, 9.17) is 11.6 Å². The number of benzene rings is 1. The quantitative estimate of drug-likeness (QED) is 0.836. The Morgan fingerprint density at radius 1 is 1.38 bits per heavy atom. The minimum atomic E-state index is -3.48. The molecule has 0 amide bonds. The third kappa shape index (κ3) is 3.97. The first-order valence-electron chi connectivity index (χ1n) is 7.35. The second-order valence-electron chi connectivity index (χ2n) is 5.67. The van der Waals surface area contributed by atoms with E-state index in [-0.39, 0.29) is 0 Å². The zero-order valence-electron chi connectivity index (χ0n) is 12.8. The van der Waals surface area contributed by atoms with Crippen LogP contribution >= 0.6 is 11.6 Å². The molecule has 2 rings (SSSR count). The minimum Gasteiger partial charge on any atom is -0.310 e. The summed E-state index contributed by atoms with van der Waals surface area (Å²) in [4.78, 5) is 0.318. The van der Waals surface area contributed by atoms with Crippen LogP contribution < -0.4 is 5.32 Å². The van der Waals surface area contributed by atoms with E-state index in [1.807, 2.05) is 19.9 Å². The lowest BCUT2D eigenvalue weighted by atomic mass is 10.1. The Morgan fingerprint density at radius 3 is 2.62 bits per heavy atom. The summed E-state index contributed by atoms with van der Waals surface area (Å²) in [5.41, 5.74) is 1.74. The van der Waals surface area contributed by atoms with Gasteiger partial charge < -0.3 is 5.32 Å². The average molecular weight is 331 g/mol. The summed E-state index contributed by atoms with van der Waals surface area (Å²) in [6.07, 6.45) is 3.18. The Morgan fingerprint density at radius 2 is 2.05 bits per heavy atom. The molecule has 6 heteroatoms. The Balaban J connectivity index is 2.33. The van der Waals surface area contributed by atoms with Crippen LogP contribution in [0.5, 0.6) is 0 Å². The molecule has 0 bridgehead atoms. The molecule has 1 aromatic rings. The lowest BCUT2D eigenvalue weighted by Crippen LogP contribution is -2.28. The van der Waals surface area contributed by atoms with Gasteiger partial charge in [-0.1, -0.05) is 18.5 Å². The fourth-order valence-corrected chi connectivity index (χ4v) is 4.16. The van der Waals surface area contributed by atoms with Crippen molar-refractivity contribution in [2.75, 3.05) is 13.6 Å². The second kappa shape index (κ2) is 6.65. The lowest BCUT2D eigenvalue weighted by molar-refractivity contribution is 0.468. The van der Waals surface area contributed by atoms with E-state index in [2.05, 4.69) is 5.32 Å². The summed E-state index contributed by atoms with van der Waals surface area (Å²) >= 11 is 6.13. The molecule has 0 aromatic heterocycles. The standard InChI is InChI=1S/C15H23ClN2O2S/c1-4-7-18(3)21(19,20)15-9-13(16)8-12(11(15)2)10-17-14-5-6-14/h8-9,14,17H,4-7,10H2,1-3H3. The Labute approximate surface area is 132 Å². The number of nitrogens with zero attached hydrogens (tertiary/aromatic N) is 1. The molecule has 0 atom stereocenters. The predicted octanol–water partition coefficient (Wildman–Crippen LogP) is 2.93. The summed E-state index contributed by atoms with van der Waals surface area (Å²) in [6.45, 7) is 4.98. The van der Waals surface area contributed by atoms with Gasteiger partial charge in [-0.2, -0.15) is 0 Å². The third-order valence-corrected chi connectivity index (χ3v) is 6.02. The first kappa shape index (κ1) is 16.7. The number of halogens is 1. The van der Waals surface area contributed by atoms with Crippen molar-refractivity contribution in [3.05, 3.63) is 28.3 Å². The maximum Gasteiger partial charge on any atom is 0.243 e. The number of hydrogen-bond acceptors (Lipinski definition) is 3. The van der Waals surface area contributed by atoms with E-state index in [1.165, 1.54) is 17.1 Å². The first-order valence-corrected chi connectivity index (χ1v) is 9.16. The molecule has 0 saturated heterocycles. The number of hydrogen-bond donors (Lipinski definition) is 1. The Bertz CT molecular complexity index is 612. The lowest BCUT2D eigenvalue weighted by Gasteiger charge is -2.19. The van der Waals surface area contributed by atoms with E-state index in [0.717, 1.165) is 17.5 Å². The molecule has 0 radical (unpaired) electrons. The summed E-state index contributed by atoms with van der Waals surface area (Å²) < 4.78 is 26.7. The van der Waals surface area contributed by atoms with Crippen molar-refractivity contribution in [3.63, 3.8) is 0 Å². The van der Waals surface area contributed by atoms with Gasteiger partial charge >= 0.3 is 0 Å². The predicted molar refractivity (Wildman–Crippen MR) is 86.2 cm³/mol. The van der Waals surface area contributed by atoms with Crippen molar-refractivity contribution < 1.29 is 8.42 Å². The van der Waals surface area contributed by atoms with Crippen LogP contribution in [0.15, 0.2) is 17.0 Å². The maximum atomic E-state index is 12.6. The van der Waals surface area contributed by atoms with Crippen LogP contribution in [0.4, 0.5) is 0 Å². The molecule has 1 N–H and O–H groups in total. The van der Waals surface area contributed by atoms with E-state index >= 15 is 0 Å². The molecule has 0 aliphatic heterocycles. The van der Waals surface area contributed by atoms with E-state index in [1.54, 1.807) is 13.1 Å². The van der Waals surface area contributed by atoms with Crippen molar-refractivity contribution in [1.29, 1.82) is 0 Å². The molecule has 1 aliphatic carbocycles. The Hall–Kier alpha value is -0.620. The summed E-state index contributed by atoms with van der Waals surface area (Å²) in [6, 6.07) is 3.98. The van der Waals surface area contributed by atoms with Crippen LogP contribution in [0.25, 0.3) is 0 Å². The maximum absolute atomic E-state index is 12.6. The molecule has 118 valence electrons. The number of sulfonamides is 1. The highest BCUT2D eigenvalue weighted by Crippen LogP contribution is 2.27. The second-order valence-corrected chi connectivity index (χ2v) is 8.12. The normalized spacial score (nSPS) is 15.7. The number of rotatable bonds is 7. The fourth-order valence-electron chi connectivity index (χ4n) is 2.30. The van der Waals surface area contributed by atoms with Gasteiger partial charge in [0.1, 0.15) is 0 Å². The van der Waals surface area contributed by atoms with Gasteiger partial charge in [0.2, 0.25) is 10.0 Å². The molecule has 1 saturated carbocycles.